The molecule has 0 saturated carbocycles. The number of amides is 1. The third-order valence-electron chi connectivity index (χ3n) is 4.22. The largest absolute Gasteiger partial charge is 0.494 e. The van der Waals surface area contributed by atoms with Crippen LogP contribution < -0.4 is 10.1 Å². The number of rotatable bonds is 4. The van der Waals surface area contributed by atoms with Crippen LogP contribution in [0.3, 0.4) is 0 Å². The van der Waals surface area contributed by atoms with E-state index >= 15 is 0 Å². The maximum absolute atomic E-state index is 12.6. The topological polar surface area (TPSA) is 51.2 Å². The highest BCUT2D eigenvalue weighted by atomic mass is 35.5. The number of fused-ring (bicyclic) bond motifs is 1. The fraction of sp³-hybridized carbons (Fsp3) is 0.0476. The highest BCUT2D eigenvalue weighted by Gasteiger charge is 2.15. The molecule has 1 aromatic heterocycles. The van der Waals surface area contributed by atoms with E-state index in [9.17, 15) is 4.79 Å². The predicted octanol–water partition coefficient (Wildman–Crippen LogP) is 7.18. The van der Waals surface area contributed by atoms with Crippen LogP contribution >= 0.6 is 46.1 Å². The molecule has 0 aliphatic carbocycles. The van der Waals surface area contributed by atoms with E-state index in [1.165, 1.54) is 19.2 Å². The van der Waals surface area contributed by atoms with Crippen LogP contribution in [0.1, 0.15) is 10.4 Å². The number of aromatic nitrogens is 1. The summed E-state index contributed by atoms with van der Waals surface area (Å²) in [5.74, 6) is -0.0339. The number of thiazole rings is 1. The number of benzene rings is 3. The van der Waals surface area contributed by atoms with Gasteiger partial charge in [-0.1, -0.05) is 46.9 Å². The van der Waals surface area contributed by atoms with Crippen molar-refractivity contribution in [2.75, 3.05) is 12.4 Å². The molecule has 1 amide bonds. The van der Waals surface area contributed by atoms with Crippen LogP contribution in [-0.4, -0.2) is 18.0 Å². The van der Waals surface area contributed by atoms with E-state index < -0.39 is 0 Å². The van der Waals surface area contributed by atoms with Gasteiger partial charge >= 0.3 is 0 Å². The smallest absolute Gasteiger partial charge is 0.255 e. The van der Waals surface area contributed by atoms with Crippen LogP contribution in [0, 0.1) is 0 Å². The first-order chi connectivity index (χ1) is 14.0. The van der Waals surface area contributed by atoms with Gasteiger partial charge in [0.1, 0.15) is 5.01 Å². The third-order valence-corrected chi connectivity index (χ3v) is 6.16. The van der Waals surface area contributed by atoms with E-state index in [1.54, 1.807) is 23.5 Å². The average Bonchev–Trinajstić information content (AvgIpc) is 3.11. The Morgan fingerprint density at radius 2 is 1.72 bits per heavy atom. The molecule has 0 saturated heterocycles. The van der Waals surface area contributed by atoms with E-state index in [-0.39, 0.29) is 16.0 Å². The van der Waals surface area contributed by atoms with Gasteiger partial charge in [0.15, 0.2) is 5.75 Å². The molecule has 146 valence electrons. The lowest BCUT2D eigenvalue weighted by molar-refractivity contribution is 0.102. The SMILES string of the molecule is COc1c(Cl)cc(C(=O)Nc2ccc(-c3nc4ccccc4s3)c(Cl)c2)cc1Cl. The monoisotopic (exact) mass is 462 g/mol. The van der Waals surface area contributed by atoms with Gasteiger partial charge < -0.3 is 10.1 Å². The quantitative estimate of drug-likeness (QED) is 0.348. The Labute approximate surface area is 186 Å². The number of anilines is 1. The lowest BCUT2D eigenvalue weighted by atomic mass is 10.1. The zero-order chi connectivity index (χ0) is 20.5. The molecule has 0 atom stereocenters. The Morgan fingerprint density at radius 3 is 2.38 bits per heavy atom. The molecule has 4 rings (SSSR count). The first-order valence-electron chi connectivity index (χ1n) is 8.46. The second-order valence-corrected chi connectivity index (χ2v) is 8.36. The minimum absolute atomic E-state index is 0.259. The maximum atomic E-state index is 12.6. The number of nitrogens with zero attached hydrogens (tertiary/aromatic N) is 1. The summed E-state index contributed by atoms with van der Waals surface area (Å²) in [4.78, 5) is 17.2. The van der Waals surface area contributed by atoms with E-state index in [0.717, 1.165) is 20.8 Å². The summed E-state index contributed by atoms with van der Waals surface area (Å²) in [6.07, 6.45) is 0. The summed E-state index contributed by atoms with van der Waals surface area (Å²) < 4.78 is 6.19. The van der Waals surface area contributed by atoms with Crippen LogP contribution in [0.5, 0.6) is 5.75 Å². The van der Waals surface area contributed by atoms with Crippen molar-refractivity contribution >= 4 is 68.0 Å². The summed E-state index contributed by atoms with van der Waals surface area (Å²) in [6, 6.07) is 16.2. The molecule has 3 aromatic carbocycles. The molecule has 0 radical (unpaired) electrons. The minimum atomic E-state index is -0.361. The maximum Gasteiger partial charge on any atom is 0.255 e. The zero-order valence-corrected chi connectivity index (χ0v) is 18.1. The van der Waals surface area contributed by atoms with E-state index in [0.29, 0.717) is 22.0 Å². The molecule has 0 unspecified atom stereocenters. The number of para-hydroxylation sites is 1. The second-order valence-electron chi connectivity index (χ2n) is 6.11. The second kappa shape index (κ2) is 8.20. The van der Waals surface area contributed by atoms with Gasteiger partial charge in [0, 0.05) is 16.8 Å². The fourth-order valence-corrected chi connectivity index (χ4v) is 4.82. The first-order valence-corrected chi connectivity index (χ1v) is 10.4. The van der Waals surface area contributed by atoms with E-state index in [4.69, 9.17) is 39.5 Å². The molecular formula is C21H13Cl3N2O2S. The summed E-state index contributed by atoms with van der Waals surface area (Å²) in [5, 5.41) is 4.63. The van der Waals surface area contributed by atoms with Gasteiger partial charge in [0.25, 0.3) is 5.91 Å². The van der Waals surface area contributed by atoms with Gasteiger partial charge in [0.05, 0.1) is 32.4 Å². The molecule has 8 heteroatoms. The first kappa shape index (κ1) is 20.0. The van der Waals surface area contributed by atoms with Crippen molar-refractivity contribution in [2.24, 2.45) is 0 Å². The molecule has 0 aliphatic rings. The van der Waals surface area contributed by atoms with Crippen molar-refractivity contribution < 1.29 is 9.53 Å². The molecule has 1 N–H and O–H groups in total. The van der Waals surface area contributed by atoms with Crippen molar-refractivity contribution in [1.82, 2.24) is 4.98 Å². The fourth-order valence-electron chi connectivity index (χ4n) is 2.84. The summed E-state index contributed by atoms with van der Waals surface area (Å²) >= 11 is 20.3. The average molecular weight is 464 g/mol. The standard InChI is InChI=1S/C21H13Cl3N2O2S/c1-28-19-15(23)8-11(9-16(19)24)20(27)25-12-6-7-13(14(22)10-12)21-26-17-4-2-3-5-18(17)29-21/h2-10H,1H3,(H,25,27). The van der Waals surface area contributed by atoms with Crippen molar-refractivity contribution in [1.29, 1.82) is 0 Å². The van der Waals surface area contributed by atoms with E-state index in [1.807, 2.05) is 30.3 Å². The van der Waals surface area contributed by atoms with Gasteiger partial charge in [-0.2, -0.15) is 0 Å². The molecule has 0 bridgehead atoms. The number of halogens is 3. The van der Waals surface area contributed by atoms with Crippen molar-refractivity contribution in [3.05, 3.63) is 75.2 Å². The molecule has 4 nitrogen and oxygen atoms in total. The molecule has 4 aromatic rings. The predicted molar refractivity (Wildman–Crippen MR) is 121 cm³/mol. The van der Waals surface area contributed by atoms with Gasteiger partial charge in [0.2, 0.25) is 0 Å². The molecule has 0 aliphatic heterocycles. The number of carbonyl (C=O) groups excluding carboxylic acids is 1. The van der Waals surface area contributed by atoms with Crippen LogP contribution in [0.4, 0.5) is 5.69 Å². The normalized spacial score (nSPS) is 10.9. The lowest BCUT2D eigenvalue weighted by Gasteiger charge is -2.10. The number of methoxy groups -OCH3 is 1. The Balaban J connectivity index is 1.59. The van der Waals surface area contributed by atoms with Crippen LogP contribution in [-0.2, 0) is 0 Å². The lowest BCUT2D eigenvalue weighted by Crippen LogP contribution is -2.12. The van der Waals surface area contributed by atoms with Crippen LogP contribution in [0.15, 0.2) is 54.6 Å². The number of ether oxygens (including phenoxy) is 1. The molecule has 0 spiro atoms. The highest BCUT2D eigenvalue weighted by Crippen LogP contribution is 2.36. The Bertz CT molecular complexity index is 1180. The van der Waals surface area contributed by atoms with Crippen LogP contribution in [0.25, 0.3) is 20.8 Å². The number of hydrogen-bond acceptors (Lipinski definition) is 4. The third kappa shape index (κ3) is 4.05. The van der Waals surface area contributed by atoms with Gasteiger partial charge in [-0.3, -0.25) is 4.79 Å². The summed E-state index contributed by atoms with van der Waals surface area (Å²) in [6.45, 7) is 0. The van der Waals surface area contributed by atoms with Crippen molar-refractivity contribution in [2.45, 2.75) is 0 Å². The van der Waals surface area contributed by atoms with Crippen molar-refractivity contribution in [3.63, 3.8) is 0 Å². The van der Waals surface area contributed by atoms with Gasteiger partial charge in [-0.05, 0) is 42.5 Å². The van der Waals surface area contributed by atoms with Crippen molar-refractivity contribution in [3.8, 4) is 16.3 Å². The Morgan fingerprint density at radius 1 is 1.00 bits per heavy atom. The molecule has 0 fully saturated rings. The van der Waals surface area contributed by atoms with Gasteiger partial charge in [-0.15, -0.1) is 11.3 Å². The number of nitrogens with one attached hydrogen (secondary N) is 1. The van der Waals surface area contributed by atoms with Gasteiger partial charge in [-0.25, -0.2) is 4.98 Å². The number of hydrogen-bond donors (Lipinski definition) is 1. The highest BCUT2D eigenvalue weighted by molar-refractivity contribution is 7.21. The summed E-state index contributed by atoms with van der Waals surface area (Å²) in [7, 11) is 1.46. The number of carbonyl (C=O) groups is 1. The zero-order valence-electron chi connectivity index (χ0n) is 15.0. The Hall–Kier alpha value is -2.31. The molecular weight excluding hydrogens is 451 g/mol. The molecule has 1 heterocycles. The van der Waals surface area contributed by atoms with E-state index in [2.05, 4.69) is 10.3 Å². The minimum Gasteiger partial charge on any atom is -0.494 e. The van der Waals surface area contributed by atoms with Crippen LogP contribution in [0.2, 0.25) is 15.1 Å². The molecule has 29 heavy (non-hydrogen) atoms. The summed E-state index contributed by atoms with van der Waals surface area (Å²) in [5.41, 5.74) is 2.59. The Kier molecular flexibility index (Phi) is 5.65.